The van der Waals surface area contributed by atoms with E-state index < -0.39 is 0 Å². The van der Waals surface area contributed by atoms with Gasteiger partial charge in [-0.3, -0.25) is 0 Å². The molecule has 0 saturated carbocycles. The first kappa shape index (κ1) is 13.3. The number of benzene rings is 2. The van der Waals surface area contributed by atoms with Crippen LogP contribution in [0.3, 0.4) is 0 Å². The molecule has 104 valence electrons. The van der Waals surface area contributed by atoms with Crippen molar-refractivity contribution in [3.8, 4) is 0 Å². The van der Waals surface area contributed by atoms with Gasteiger partial charge in [-0.15, -0.1) is 0 Å². The molecule has 0 saturated heterocycles. The number of fused-ring (bicyclic) bond motifs is 1. The van der Waals surface area contributed by atoms with E-state index in [1.165, 1.54) is 11.1 Å². The SMILES string of the molecule is CN(Cc1ccccc1)C[C@@H]1Cc2ccccc2[C@@H]1O. The zero-order chi connectivity index (χ0) is 13.9. The Labute approximate surface area is 120 Å². The second kappa shape index (κ2) is 5.78. The molecule has 0 bridgehead atoms. The molecule has 1 aliphatic carbocycles. The van der Waals surface area contributed by atoms with Gasteiger partial charge in [0.25, 0.3) is 0 Å². The Bertz CT molecular complexity index is 567. The topological polar surface area (TPSA) is 23.5 Å². The van der Waals surface area contributed by atoms with Crippen molar-refractivity contribution in [2.45, 2.75) is 19.1 Å². The van der Waals surface area contributed by atoms with Crippen LogP contribution >= 0.6 is 0 Å². The lowest BCUT2D eigenvalue weighted by Gasteiger charge is -2.23. The van der Waals surface area contributed by atoms with Crippen LogP contribution in [0.5, 0.6) is 0 Å². The van der Waals surface area contributed by atoms with Gasteiger partial charge in [0.15, 0.2) is 0 Å². The Morgan fingerprint density at radius 2 is 1.75 bits per heavy atom. The Morgan fingerprint density at radius 1 is 1.05 bits per heavy atom. The lowest BCUT2D eigenvalue weighted by atomic mass is 10.0. The van der Waals surface area contributed by atoms with E-state index in [0.29, 0.717) is 5.92 Å². The van der Waals surface area contributed by atoms with E-state index in [2.05, 4.69) is 54.4 Å². The summed E-state index contributed by atoms with van der Waals surface area (Å²) in [5.41, 5.74) is 3.74. The molecular weight excluding hydrogens is 246 g/mol. The fraction of sp³-hybridized carbons (Fsp3) is 0.333. The molecule has 2 aromatic rings. The van der Waals surface area contributed by atoms with Crippen molar-refractivity contribution in [3.63, 3.8) is 0 Å². The summed E-state index contributed by atoms with van der Waals surface area (Å²) in [7, 11) is 2.13. The minimum Gasteiger partial charge on any atom is -0.388 e. The zero-order valence-corrected chi connectivity index (χ0v) is 11.9. The van der Waals surface area contributed by atoms with Gasteiger partial charge in [-0.25, -0.2) is 0 Å². The summed E-state index contributed by atoms with van der Waals surface area (Å²) in [6, 6.07) is 18.7. The van der Waals surface area contributed by atoms with Crippen LogP contribution < -0.4 is 0 Å². The van der Waals surface area contributed by atoms with Crippen LogP contribution in [0.4, 0.5) is 0 Å². The average Bonchev–Trinajstić information content (AvgIpc) is 2.77. The highest BCUT2D eigenvalue weighted by atomic mass is 16.3. The summed E-state index contributed by atoms with van der Waals surface area (Å²) >= 11 is 0. The Morgan fingerprint density at radius 3 is 2.50 bits per heavy atom. The summed E-state index contributed by atoms with van der Waals surface area (Å²) in [6.45, 7) is 1.85. The van der Waals surface area contributed by atoms with E-state index in [0.717, 1.165) is 25.1 Å². The summed E-state index contributed by atoms with van der Waals surface area (Å²) < 4.78 is 0. The minimum atomic E-state index is -0.315. The van der Waals surface area contributed by atoms with E-state index in [-0.39, 0.29) is 6.10 Å². The van der Waals surface area contributed by atoms with Gasteiger partial charge in [0, 0.05) is 19.0 Å². The fourth-order valence-corrected chi connectivity index (χ4v) is 3.18. The first-order valence-electron chi connectivity index (χ1n) is 7.22. The summed E-state index contributed by atoms with van der Waals surface area (Å²) in [5.74, 6) is 0.307. The van der Waals surface area contributed by atoms with Gasteiger partial charge >= 0.3 is 0 Å². The minimum absolute atomic E-state index is 0.307. The number of aliphatic hydroxyl groups excluding tert-OH is 1. The van der Waals surface area contributed by atoms with Gasteiger partial charge in [-0.2, -0.15) is 0 Å². The van der Waals surface area contributed by atoms with Gasteiger partial charge in [0.1, 0.15) is 0 Å². The van der Waals surface area contributed by atoms with Crippen molar-refractivity contribution < 1.29 is 5.11 Å². The number of aliphatic hydroxyl groups is 1. The Balaban J connectivity index is 1.62. The average molecular weight is 267 g/mol. The Hall–Kier alpha value is -1.64. The molecule has 2 heteroatoms. The number of rotatable bonds is 4. The molecule has 0 radical (unpaired) electrons. The van der Waals surface area contributed by atoms with Crippen LogP contribution in [0.15, 0.2) is 54.6 Å². The maximum absolute atomic E-state index is 10.4. The third-order valence-corrected chi connectivity index (χ3v) is 4.14. The quantitative estimate of drug-likeness (QED) is 0.920. The molecule has 0 unspecified atom stereocenters. The molecule has 0 heterocycles. The van der Waals surface area contributed by atoms with Crippen molar-refractivity contribution in [1.82, 2.24) is 4.90 Å². The standard InChI is InChI=1S/C18H21NO/c1-19(12-14-7-3-2-4-8-14)13-16-11-15-9-5-6-10-17(15)18(16)20/h2-10,16,18,20H,11-13H2,1H3/t16-,18+/m0/s1. The number of hydrogen-bond donors (Lipinski definition) is 1. The van der Waals surface area contributed by atoms with Crippen LogP contribution in [0.1, 0.15) is 22.8 Å². The van der Waals surface area contributed by atoms with Gasteiger partial charge in [0.05, 0.1) is 6.10 Å². The lowest BCUT2D eigenvalue weighted by Crippen LogP contribution is -2.27. The summed E-state index contributed by atoms with van der Waals surface area (Å²) in [6.07, 6.45) is 0.667. The molecule has 0 aromatic heterocycles. The van der Waals surface area contributed by atoms with Crippen molar-refractivity contribution >= 4 is 0 Å². The normalized spacial score (nSPS) is 21.1. The zero-order valence-electron chi connectivity index (χ0n) is 11.9. The molecule has 2 atom stereocenters. The van der Waals surface area contributed by atoms with Crippen molar-refractivity contribution in [1.29, 1.82) is 0 Å². The van der Waals surface area contributed by atoms with E-state index in [1.54, 1.807) is 0 Å². The first-order chi connectivity index (χ1) is 9.74. The van der Waals surface area contributed by atoms with Crippen LogP contribution in [-0.4, -0.2) is 23.6 Å². The maximum atomic E-state index is 10.4. The van der Waals surface area contributed by atoms with E-state index >= 15 is 0 Å². The van der Waals surface area contributed by atoms with Gasteiger partial charge < -0.3 is 10.0 Å². The lowest BCUT2D eigenvalue weighted by molar-refractivity contribution is 0.0976. The smallest absolute Gasteiger partial charge is 0.0836 e. The van der Waals surface area contributed by atoms with Gasteiger partial charge in [0.2, 0.25) is 0 Å². The predicted octanol–water partition coefficient (Wildman–Crippen LogP) is 3.02. The van der Waals surface area contributed by atoms with Crippen molar-refractivity contribution in [2.75, 3.05) is 13.6 Å². The van der Waals surface area contributed by atoms with Crippen LogP contribution in [0.25, 0.3) is 0 Å². The van der Waals surface area contributed by atoms with Gasteiger partial charge in [-0.05, 0) is 30.2 Å². The fourth-order valence-electron chi connectivity index (χ4n) is 3.18. The molecule has 0 aliphatic heterocycles. The van der Waals surface area contributed by atoms with E-state index in [9.17, 15) is 5.11 Å². The molecule has 2 nitrogen and oxygen atoms in total. The first-order valence-corrected chi connectivity index (χ1v) is 7.22. The van der Waals surface area contributed by atoms with Crippen molar-refractivity contribution in [3.05, 3.63) is 71.3 Å². The van der Waals surface area contributed by atoms with Crippen molar-refractivity contribution in [2.24, 2.45) is 5.92 Å². The third kappa shape index (κ3) is 2.77. The molecule has 0 spiro atoms. The van der Waals surface area contributed by atoms with Crippen LogP contribution in [0, 0.1) is 5.92 Å². The highest BCUT2D eigenvalue weighted by Gasteiger charge is 2.31. The molecule has 2 aromatic carbocycles. The highest BCUT2D eigenvalue weighted by molar-refractivity contribution is 5.34. The molecule has 1 aliphatic rings. The molecule has 0 amide bonds. The largest absolute Gasteiger partial charge is 0.388 e. The van der Waals surface area contributed by atoms with E-state index in [1.807, 2.05) is 12.1 Å². The molecular formula is C18H21NO. The molecule has 0 fully saturated rings. The maximum Gasteiger partial charge on any atom is 0.0836 e. The van der Waals surface area contributed by atoms with Crippen LogP contribution in [0.2, 0.25) is 0 Å². The third-order valence-electron chi connectivity index (χ3n) is 4.14. The van der Waals surface area contributed by atoms with Crippen LogP contribution in [-0.2, 0) is 13.0 Å². The molecule has 20 heavy (non-hydrogen) atoms. The number of nitrogens with zero attached hydrogens (tertiary/aromatic N) is 1. The molecule has 1 N–H and O–H groups in total. The second-order valence-corrected chi connectivity index (χ2v) is 5.79. The summed E-state index contributed by atoms with van der Waals surface area (Å²) in [5, 5.41) is 10.4. The van der Waals surface area contributed by atoms with E-state index in [4.69, 9.17) is 0 Å². The Kier molecular flexibility index (Phi) is 3.86. The number of hydrogen-bond acceptors (Lipinski definition) is 2. The monoisotopic (exact) mass is 267 g/mol. The highest BCUT2D eigenvalue weighted by Crippen LogP contribution is 2.36. The van der Waals surface area contributed by atoms with Gasteiger partial charge in [-0.1, -0.05) is 54.6 Å². The molecule has 3 rings (SSSR count). The predicted molar refractivity (Wildman–Crippen MR) is 81.4 cm³/mol. The second-order valence-electron chi connectivity index (χ2n) is 5.79. The summed E-state index contributed by atoms with van der Waals surface area (Å²) in [4.78, 5) is 2.30.